The standard InChI is InChI=1S/C15H12BrCl2N3O4/c16-15-20-9-2-5-1-6(17)7(18)3-8(5)19-13(9)21(15)14-12(24)11(23)10(4-22)25-14/h1-3,10-12,14,22-24H,4H2/t10-,11-,12-,14-/m1/s1. The Bertz CT molecular complexity index is 982. The average molecular weight is 449 g/mol. The lowest BCUT2D eigenvalue weighted by atomic mass is 10.1. The molecular weight excluding hydrogens is 437 g/mol. The molecule has 0 radical (unpaired) electrons. The molecule has 10 heteroatoms. The summed E-state index contributed by atoms with van der Waals surface area (Å²) in [6, 6.07) is 5.13. The molecule has 7 nitrogen and oxygen atoms in total. The summed E-state index contributed by atoms with van der Waals surface area (Å²) in [4.78, 5) is 8.92. The van der Waals surface area contributed by atoms with Crippen LogP contribution in [0.1, 0.15) is 6.23 Å². The molecule has 1 saturated heterocycles. The lowest BCUT2D eigenvalue weighted by molar-refractivity contribution is -0.0521. The molecule has 4 rings (SSSR count). The first-order valence-corrected chi connectivity index (χ1v) is 8.91. The van der Waals surface area contributed by atoms with Gasteiger partial charge < -0.3 is 20.1 Å². The first kappa shape index (κ1) is 17.4. The van der Waals surface area contributed by atoms with Crippen LogP contribution in [0.5, 0.6) is 0 Å². The van der Waals surface area contributed by atoms with Crippen LogP contribution in [0.2, 0.25) is 10.0 Å². The SMILES string of the molecule is OC[C@H]1O[C@@H](n2c(Br)nc3cc4cc(Cl)c(Cl)cc4nc32)[C@H](O)[C@@H]1O. The summed E-state index contributed by atoms with van der Waals surface area (Å²) in [5.74, 6) is 0. The number of rotatable bonds is 2. The average Bonchev–Trinajstić information content (AvgIpc) is 3.03. The van der Waals surface area contributed by atoms with Gasteiger partial charge >= 0.3 is 0 Å². The number of halogens is 3. The molecule has 0 unspecified atom stereocenters. The Morgan fingerprint density at radius 1 is 1.08 bits per heavy atom. The highest BCUT2D eigenvalue weighted by molar-refractivity contribution is 9.10. The molecule has 0 spiro atoms. The molecule has 1 fully saturated rings. The third-order valence-corrected chi connectivity index (χ3v) is 5.51. The topological polar surface area (TPSA) is 101 Å². The molecule has 0 aliphatic carbocycles. The lowest BCUT2D eigenvalue weighted by Gasteiger charge is -2.17. The van der Waals surface area contributed by atoms with E-state index in [1.807, 2.05) is 0 Å². The maximum atomic E-state index is 10.3. The number of hydrogen-bond donors (Lipinski definition) is 3. The molecule has 3 aromatic rings. The van der Waals surface area contributed by atoms with Crippen molar-refractivity contribution in [1.82, 2.24) is 14.5 Å². The number of fused-ring (bicyclic) bond motifs is 2. The van der Waals surface area contributed by atoms with Crippen LogP contribution in [0.25, 0.3) is 22.1 Å². The minimum atomic E-state index is -1.24. The molecule has 0 saturated carbocycles. The molecule has 2 aromatic heterocycles. The fourth-order valence-electron chi connectivity index (χ4n) is 2.97. The molecule has 25 heavy (non-hydrogen) atoms. The van der Waals surface area contributed by atoms with Gasteiger partial charge in [0.25, 0.3) is 0 Å². The predicted octanol–water partition coefficient (Wildman–Crippen LogP) is 2.27. The summed E-state index contributed by atoms with van der Waals surface area (Å²) in [6.07, 6.45) is -4.29. The van der Waals surface area contributed by atoms with E-state index in [9.17, 15) is 15.3 Å². The molecule has 3 N–H and O–H groups in total. The molecular formula is C15H12BrCl2N3O4. The van der Waals surface area contributed by atoms with Crippen LogP contribution in [0.4, 0.5) is 0 Å². The molecule has 0 amide bonds. The van der Waals surface area contributed by atoms with Crippen molar-refractivity contribution in [3.05, 3.63) is 33.0 Å². The van der Waals surface area contributed by atoms with Gasteiger partial charge in [0.05, 0.1) is 22.2 Å². The Kier molecular flexibility index (Phi) is 4.40. The van der Waals surface area contributed by atoms with Crippen molar-refractivity contribution in [3.8, 4) is 0 Å². The van der Waals surface area contributed by atoms with E-state index in [0.717, 1.165) is 5.39 Å². The number of ether oxygens (including phenoxy) is 1. The van der Waals surface area contributed by atoms with Gasteiger partial charge in [-0.05, 0) is 34.1 Å². The second-order valence-corrected chi connectivity index (χ2v) is 7.29. The molecule has 0 bridgehead atoms. The molecule has 1 aliphatic heterocycles. The minimum absolute atomic E-state index is 0.373. The number of imidazole rings is 1. The van der Waals surface area contributed by atoms with Gasteiger partial charge in [-0.25, -0.2) is 9.97 Å². The summed E-state index contributed by atoms with van der Waals surface area (Å²) >= 11 is 15.4. The zero-order chi connectivity index (χ0) is 17.9. The van der Waals surface area contributed by atoms with Crippen molar-refractivity contribution in [3.63, 3.8) is 0 Å². The lowest BCUT2D eigenvalue weighted by Crippen LogP contribution is -2.33. The van der Waals surface area contributed by atoms with Crippen molar-refractivity contribution in [1.29, 1.82) is 0 Å². The molecule has 3 heterocycles. The van der Waals surface area contributed by atoms with Crippen molar-refractivity contribution in [2.24, 2.45) is 0 Å². The Labute approximate surface area is 159 Å². The Morgan fingerprint density at radius 3 is 2.48 bits per heavy atom. The van der Waals surface area contributed by atoms with E-state index in [-0.39, 0.29) is 0 Å². The first-order chi connectivity index (χ1) is 11.9. The van der Waals surface area contributed by atoms with E-state index in [1.165, 1.54) is 4.57 Å². The smallest absolute Gasteiger partial charge is 0.181 e. The zero-order valence-electron chi connectivity index (χ0n) is 12.5. The summed E-state index contributed by atoms with van der Waals surface area (Å²) in [7, 11) is 0. The van der Waals surface area contributed by atoms with Gasteiger partial charge in [-0.3, -0.25) is 4.57 Å². The maximum absolute atomic E-state index is 10.3. The molecule has 132 valence electrons. The summed E-state index contributed by atoms with van der Waals surface area (Å²) < 4.78 is 7.48. The fourth-order valence-corrected chi connectivity index (χ4v) is 3.86. The van der Waals surface area contributed by atoms with Crippen LogP contribution in [0.3, 0.4) is 0 Å². The predicted molar refractivity (Wildman–Crippen MR) is 95.8 cm³/mol. The Balaban J connectivity index is 1.91. The number of aliphatic hydroxyl groups excluding tert-OH is 3. The van der Waals surface area contributed by atoms with E-state index in [4.69, 9.17) is 27.9 Å². The highest BCUT2D eigenvalue weighted by Crippen LogP contribution is 2.36. The first-order valence-electron chi connectivity index (χ1n) is 7.36. The Morgan fingerprint density at radius 2 is 1.80 bits per heavy atom. The number of pyridine rings is 1. The van der Waals surface area contributed by atoms with Gasteiger partial charge in [-0.1, -0.05) is 23.2 Å². The number of benzene rings is 1. The summed E-state index contributed by atoms with van der Waals surface area (Å²) in [5.41, 5.74) is 1.59. The summed E-state index contributed by atoms with van der Waals surface area (Å²) in [6.45, 7) is -0.413. The van der Waals surface area contributed by atoms with Crippen LogP contribution in [0, 0.1) is 0 Å². The quantitative estimate of drug-likeness (QED) is 0.556. The van der Waals surface area contributed by atoms with Gasteiger partial charge in [0.2, 0.25) is 0 Å². The number of aliphatic hydroxyl groups is 3. The minimum Gasteiger partial charge on any atom is -0.394 e. The van der Waals surface area contributed by atoms with Crippen molar-refractivity contribution in [2.45, 2.75) is 24.5 Å². The van der Waals surface area contributed by atoms with Crippen LogP contribution >= 0.6 is 39.1 Å². The molecule has 1 aliphatic rings. The Hall–Kier alpha value is -1.00. The van der Waals surface area contributed by atoms with Crippen LogP contribution in [-0.2, 0) is 4.74 Å². The second kappa shape index (κ2) is 6.31. The van der Waals surface area contributed by atoms with Crippen LogP contribution in [-0.4, -0.2) is 54.8 Å². The van der Waals surface area contributed by atoms with Gasteiger partial charge in [0.1, 0.15) is 23.8 Å². The highest BCUT2D eigenvalue weighted by Gasteiger charge is 2.44. The largest absolute Gasteiger partial charge is 0.394 e. The van der Waals surface area contributed by atoms with E-state index in [1.54, 1.807) is 18.2 Å². The zero-order valence-corrected chi connectivity index (χ0v) is 15.6. The van der Waals surface area contributed by atoms with Crippen LogP contribution < -0.4 is 0 Å². The molecule has 4 atom stereocenters. The maximum Gasteiger partial charge on any atom is 0.181 e. The van der Waals surface area contributed by atoms with E-state index >= 15 is 0 Å². The van der Waals surface area contributed by atoms with E-state index in [0.29, 0.717) is 31.5 Å². The normalized spacial score (nSPS) is 26.8. The number of aromatic nitrogens is 3. The van der Waals surface area contributed by atoms with Crippen LogP contribution in [0.15, 0.2) is 22.9 Å². The third kappa shape index (κ3) is 2.73. The van der Waals surface area contributed by atoms with Gasteiger partial charge in [-0.2, -0.15) is 0 Å². The number of hydrogen-bond acceptors (Lipinski definition) is 6. The molecule has 1 aromatic carbocycles. The van der Waals surface area contributed by atoms with Crippen molar-refractivity contribution >= 4 is 61.2 Å². The van der Waals surface area contributed by atoms with E-state index in [2.05, 4.69) is 25.9 Å². The monoisotopic (exact) mass is 447 g/mol. The number of nitrogens with zero attached hydrogens (tertiary/aromatic N) is 3. The third-order valence-electron chi connectivity index (χ3n) is 4.23. The van der Waals surface area contributed by atoms with Gasteiger partial charge in [0.15, 0.2) is 16.6 Å². The van der Waals surface area contributed by atoms with E-state index < -0.39 is 31.1 Å². The van der Waals surface area contributed by atoms with Crippen molar-refractivity contribution in [2.75, 3.05) is 6.61 Å². The van der Waals surface area contributed by atoms with Gasteiger partial charge in [0, 0.05) is 5.39 Å². The summed E-state index contributed by atoms with van der Waals surface area (Å²) in [5, 5.41) is 31.1. The fraction of sp³-hybridized carbons (Fsp3) is 0.333. The van der Waals surface area contributed by atoms with Gasteiger partial charge in [-0.15, -0.1) is 0 Å². The second-order valence-electron chi connectivity index (χ2n) is 5.77. The van der Waals surface area contributed by atoms with Crippen molar-refractivity contribution < 1.29 is 20.1 Å². The highest BCUT2D eigenvalue weighted by atomic mass is 79.9.